The van der Waals surface area contributed by atoms with Crippen molar-refractivity contribution in [2.45, 2.75) is 38.3 Å². The number of aromatic nitrogens is 2. The number of nitriles is 1. The summed E-state index contributed by atoms with van der Waals surface area (Å²) in [4.78, 5) is 4.63. The molecule has 0 N–H and O–H groups in total. The topological polar surface area (TPSA) is 50.8 Å². The molecule has 0 saturated carbocycles. The van der Waals surface area contributed by atoms with Crippen LogP contribution in [0.25, 0.3) is 11.0 Å². The number of aryl methyl sites for hydroxylation is 2. The van der Waals surface area contributed by atoms with Crippen molar-refractivity contribution in [3.63, 3.8) is 0 Å². The van der Waals surface area contributed by atoms with Crippen LogP contribution in [0.3, 0.4) is 0 Å². The molecular weight excluding hydrogens is 286 g/mol. The maximum Gasteiger partial charge on any atom is 0.111 e. The molecular formula is C16H18ClN3O. The molecule has 110 valence electrons. The molecule has 0 spiro atoms. The summed E-state index contributed by atoms with van der Waals surface area (Å²) in [6.07, 6.45) is 4.35. The molecule has 1 atom stereocenters. The summed E-state index contributed by atoms with van der Waals surface area (Å²) in [5.41, 5.74) is 2.43. The van der Waals surface area contributed by atoms with E-state index in [2.05, 4.69) is 15.6 Å². The molecule has 3 rings (SSSR count). The molecule has 1 fully saturated rings. The van der Waals surface area contributed by atoms with E-state index < -0.39 is 0 Å². The van der Waals surface area contributed by atoms with E-state index in [9.17, 15) is 5.26 Å². The lowest BCUT2D eigenvalue weighted by Crippen LogP contribution is -2.12. The van der Waals surface area contributed by atoms with E-state index in [-0.39, 0.29) is 0 Å². The molecule has 4 nitrogen and oxygen atoms in total. The van der Waals surface area contributed by atoms with E-state index in [0.29, 0.717) is 24.0 Å². The van der Waals surface area contributed by atoms with Crippen LogP contribution in [0.5, 0.6) is 0 Å². The van der Waals surface area contributed by atoms with Gasteiger partial charge in [0.2, 0.25) is 0 Å². The molecule has 0 aliphatic carbocycles. The zero-order valence-electron chi connectivity index (χ0n) is 11.9. The van der Waals surface area contributed by atoms with Crippen LogP contribution in [0.15, 0.2) is 18.2 Å². The summed E-state index contributed by atoms with van der Waals surface area (Å²) >= 11 is 5.89. The van der Waals surface area contributed by atoms with Crippen molar-refractivity contribution in [2.75, 3.05) is 12.5 Å². The zero-order chi connectivity index (χ0) is 14.7. The predicted octanol–water partition coefficient (Wildman–Crippen LogP) is 3.26. The van der Waals surface area contributed by atoms with E-state index in [1.807, 2.05) is 18.2 Å². The van der Waals surface area contributed by atoms with E-state index in [0.717, 1.165) is 49.3 Å². The molecule has 0 bridgehead atoms. The minimum absolute atomic E-state index is 0.352. The third-order valence-corrected chi connectivity index (χ3v) is 4.18. The Morgan fingerprint density at radius 1 is 1.48 bits per heavy atom. The average Bonchev–Trinajstić information content (AvgIpc) is 3.12. The van der Waals surface area contributed by atoms with Gasteiger partial charge in [-0.2, -0.15) is 5.26 Å². The summed E-state index contributed by atoms with van der Waals surface area (Å²) in [5, 5.41) is 9.22. The molecule has 1 unspecified atom stereocenters. The molecule has 2 heterocycles. The minimum atomic E-state index is 0.352. The highest BCUT2D eigenvalue weighted by Gasteiger charge is 2.18. The second-order valence-electron chi connectivity index (χ2n) is 5.33. The van der Waals surface area contributed by atoms with Crippen LogP contribution in [0.1, 0.15) is 30.7 Å². The van der Waals surface area contributed by atoms with Crippen LogP contribution >= 0.6 is 11.6 Å². The number of hydrogen-bond acceptors (Lipinski definition) is 3. The maximum absolute atomic E-state index is 9.22. The fourth-order valence-corrected chi connectivity index (χ4v) is 3.12. The molecule has 1 aliphatic heterocycles. The molecule has 5 heteroatoms. The summed E-state index contributed by atoms with van der Waals surface area (Å²) in [7, 11) is 0. The Labute approximate surface area is 129 Å². The second kappa shape index (κ2) is 6.46. The van der Waals surface area contributed by atoms with Crippen molar-refractivity contribution in [3.05, 3.63) is 29.6 Å². The van der Waals surface area contributed by atoms with Gasteiger partial charge in [0.15, 0.2) is 0 Å². The summed E-state index contributed by atoms with van der Waals surface area (Å²) in [6.45, 7) is 1.74. The number of alkyl halides is 1. The van der Waals surface area contributed by atoms with Crippen molar-refractivity contribution in [2.24, 2.45) is 0 Å². The number of para-hydroxylation sites is 1. The van der Waals surface area contributed by atoms with Crippen LogP contribution < -0.4 is 0 Å². The quantitative estimate of drug-likeness (QED) is 0.797. The lowest BCUT2D eigenvalue weighted by Gasteiger charge is -2.12. The molecule has 1 aliphatic rings. The Kier molecular flexibility index (Phi) is 4.42. The van der Waals surface area contributed by atoms with Gasteiger partial charge in [0.25, 0.3) is 0 Å². The minimum Gasteiger partial charge on any atom is -0.378 e. The van der Waals surface area contributed by atoms with Crippen molar-refractivity contribution >= 4 is 22.6 Å². The highest BCUT2D eigenvalue weighted by molar-refractivity contribution is 6.17. The lowest BCUT2D eigenvalue weighted by molar-refractivity contribution is 0.100. The number of benzene rings is 1. The predicted molar refractivity (Wildman–Crippen MR) is 82.5 cm³/mol. The van der Waals surface area contributed by atoms with Gasteiger partial charge in [0, 0.05) is 25.5 Å². The second-order valence-corrected chi connectivity index (χ2v) is 5.71. The number of nitrogens with zero attached hydrogens (tertiary/aromatic N) is 3. The standard InChI is InChI=1S/C16H18ClN3O/c17-8-6-15-19-16-12(11-18)3-1-5-14(16)20(15)9-7-13-4-2-10-21-13/h1,3,5,13H,2,4,6-10H2. The first-order chi connectivity index (χ1) is 10.3. The fraction of sp³-hybridized carbons (Fsp3) is 0.500. The smallest absolute Gasteiger partial charge is 0.111 e. The zero-order valence-corrected chi connectivity index (χ0v) is 12.6. The monoisotopic (exact) mass is 303 g/mol. The van der Waals surface area contributed by atoms with Crippen molar-refractivity contribution in [1.82, 2.24) is 9.55 Å². The molecule has 0 radical (unpaired) electrons. The van der Waals surface area contributed by atoms with Gasteiger partial charge in [0.05, 0.1) is 17.2 Å². The molecule has 1 saturated heterocycles. The largest absolute Gasteiger partial charge is 0.378 e. The van der Waals surface area contributed by atoms with Crippen molar-refractivity contribution < 1.29 is 4.74 Å². The molecule has 0 amide bonds. The summed E-state index contributed by atoms with van der Waals surface area (Å²) < 4.78 is 7.89. The number of rotatable bonds is 5. The Hall–Kier alpha value is -1.57. The molecule has 1 aromatic heterocycles. The Balaban J connectivity index is 1.93. The highest BCUT2D eigenvalue weighted by Crippen LogP contribution is 2.23. The van der Waals surface area contributed by atoms with E-state index in [1.54, 1.807) is 0 Å². The Bertz CT molecular complexity index is 668. The summed E-state index contributed by atoms with van der Waals surface area (Å²) in [5.74, 6) is 1.49. The third-order valence-electron chi connectivity index (χ3n) is 4.00. The van der Waals surface area contributed by atoms with Gasteiger partial charge in [0.1, 0.15) is 17.4 Å². The van der Waals surface area contributed by atoms with Crippen LogP contribution in [0, 0.1) is 11.3 Å². The van der Waals surface area contributed by atoms with Gasteiger partial charge in [-0.25, -0.2) is 4.98 Å². The van der Waals surface area contributed by atoms with Gasteiger partial charge in [-0.05, 0) is 31.4 Å². The number of fused-ring (bicyclic) bond motifs is 1. The van der Waals surface area contributed by atoms with Crippen molar-refractivity contribution in [3.8, 4) is 6.07 Å². The van der Waals surface area contributed by atoms with Crippen molar-refractivity contribution in [1.29, 1.82) is 5.26 Å². The van der Waals surface area contributed by atoms with Gasteiger partial charge >= 0.3 is 0 Å². The first-order valence-electron chi connectivity index (χ1n) is 7.39. The number of imidazole rings is 1. The molecule has 2 aromatic rings. The number of halogens is 1. The van der Waals surface area contributed by atoms with Gasteiger partial charge in [-0.15, -0.1) is 11.6 Å². The molecule has 21 heavy (non-hydrogen) atoms. The van der Waals surface area contributed by atoms with Crippen LogP contribution in [-0.4, -0.2) is 28.1 Å². The first kappa shape index (κ1) is 14.4. The highest BCUT2D eigenvalue weighted by atomic mass is 35.5. The fourth-order valence-electron chi connectivity index (χ4n) is 2.96. The van der Waals surface area contributed by atoms with E-state index >= 15 is 0 Å². The Morgan fingerprint density at radius 2 is 2.38 bits per heavy atom. The van der Waals surface area contributed by atoms with Crippen LogP contribution in [0.4, 0.5) is 0 Å². The normalized spacial score (nSPS) is 18.2. The van der Waals surface area contributed by atoms with E-state index in [4.69, 9.17) is 16.3 Å². The van der Waals surface area contributed by atoms with Gasteiger partial charge < -0.3 is 9.30 Å². The maximum atomic E-state index is 9.22. The number of ether oxygens (including phenoxy) is 1. The first-order valence-corrected chi connectivity index (χ1v) is 7.92. The summed E-state index contributed by atoms with van der Waals surface area (Å²) in [6, 6.07) is 7.96. The Morgan fingerprint density at radius 3 is 3.10 bits per heavy atom. The molecule has 1 aromatic carbocycles. The van der Waals surface area contributed by atoms with Crippen LogP contribution in [-0.2, 0) is 17.7 Å². The lowest BCUT2D eigenvalue weighted by atomic mass is 10.1. The van der Waals surface area contributed by atoms with Gasteiger partial charge in [-0.1, -0.05) is 6.07 Å². The van der Waals surface area contributed by atoms with E-state index in [1.165, 1.54) is 0 Å². The average molecular weight is 304 g/mol. The number of hydrogen-bond donors (Lipinski definition) is 0. The van der Waals surface area contributed by atoms with Crippen LogP contribution in [0.2, 0.25) is 0 Å². The van der Waals surface area contributed by atoms with Gasteiger partial charge in [-0.3, -0.25) is 0 Å². The SMILES string of the molecule is N#Cc1cccc2c1nc(CCCl)n2CCC1CCCO1. The third kappa shape index (κ3) is 2.90.